The SMILES string of the molecule is C[C@H](c1ccccc1)N1C[C@H](C(=O)Nc2nc3ccc(Cl)cc3s2)CC1=O. The number of benzene rings is 2. The molecule has 0 bridgehead atoms. The minimum absolute atomic E-state index is 0.00239. The number of aromatic nitrogens is 1. The normalized spacial score (nSPS) is 18.1. The number of halogens is 1. The Hall–Kier alpha value is -2.44. The second-order valence-corrected chi connectivity index (χ2v) is 8.12. The van der Waals surface area contributed by atoms with Crippen LogP contribution >= 0.6 is 22.9 Å². The molecule has 0 spiro atoms. The number of fused-ring (bicyclic) bond motifs is 1. The summed E-state index contributed by atoms with van der Waals surface area (Å²) in [6.45, 7) is 2.41. The van der Waals surface area contributed by atoms with Crippen molar-refractivity contribution in [3.05, 3.63) is 59.1 Å². The summed E-state index contributed by atoms with van der Waals surface area (Å²) in [5, 5.41) is 4.02. The van der Waals surface area contributed by atoms with Crippen LogP contribution in [0.25, 0.3) is 10.2 Å². The van der Waals surface area contributed by atoms with E-state index in [1.807, 2.05) is 49.4 Å². The average Bonchev–Trinajstić information content (AvgIpc) is 3.24. The molecule has 1 N–H and O–H groups in total. The van der Waals surface area contributed by atoms with Gasteiger partial charge < -0.3 is 10.2 Å². The molecule has 7 heteroatoms. The van der Waals surface area contributed by atoms with Crippen molar-refractivity contribution >= 4 is 50.1 Å². The number of hydrogen-bond donors (Lipinski definition) is 1. The number of rotatable bonds is 4. The molecule has 0 aliphatic carbocycles. The average molecular weight is 400 g/mol. The summed E-state index contributed by atoms with van der Waals surface area (Å²) in [4.78, 5) is 31.3. The van der Waals surface area contributed by atoms with Gasteiger partial charge in [-0.25, -0.2) is 4.98 Å². The van der Waals surface area contributed by atoms with Crippen molar-refractivity contribution < 1.29 is 9.59 Å². The van der Waals surface area contributed by atoms with E-state index in [0.717, 1.165) is 15.8 Å². The molecule has 0 saturated carbocycles. The Labute approximate surface area is 166 Å². The Bertz CT molecular complexity index is 1000. The van der Waals surface area contributed by atoms with Gasteiger partial charge in [-0.2, -0.15) is 0 Å². The standard InChI is InChI=1S/C20H18ClN3O2S/c1-12(13-5-3-2-4-6-13)24-11-14(9-18(24)25)19(26)23-20-22-16-8-7-15(21)10-17(16)27-20/h2-8,10,12,14H,9,11H2,1H3,(H,22,23,26)/t12-,14-/m1/s1. The Morgan fingerprint density at radius 3 is 2.85 bits per heavy atom. The minimum Gasteiger partial charge on any atom is -0.335 e. The molecule has 3 aromatic rings. The predicted molar refractivity (Wildman–Crippen MR) is 108 cm³/mol. The van der Waals surface area contributed by atoms with Crippen LogP contribution in [0.5, 0.6) is 0 Å². The molecular formula is C20H18ClN3O2S. The zero-order valence-corrected chi connectivity index (χ0v) is 16.3. The van der Waals surface area contributed by atoms with Crippen LogP contribution in [0.3, 0.4) is 0 Å². The highest BCUT2D eigenvalue weighted by atomic mass is 35.5. The molecule has 138 valence electrons. The van der Waals surface area contributed by atoms with Gasteiger partial charge in [0.05, 0.1) is 22.2 Å². The highest BCUT2D eigenvalue weighted by Gasteiger charge is 2.37. The summed E-state index contributed by atoms with van der Waals surface area (Å²) in [5.74, 6) is -0.543. The fourth-order valence-corrected chi connectivity index (χ4v) is 4.50. The zero-order valence-electron chi connectivity index (χ0n) is 14.7. The van der Waals surface area contributed by atoms with Gasteiger partial charge in [0, 0.05) is 18.0 Å². The third-order valence-corrected chi connectivity index (χ3v) is 6.03. The molecular weight excluding hydrogens is 382 g/mol. The Morgan fingerprint density at radius 2 is 2.07 bits per heavy atom. The van der Waals surface area contributed by atoms with Crippen molar-refractivity contribution in [1.82, 2.24) is 9.88 Å². The molecule has 1 fully saturated rings. The topological polar surface area (TPSA) is 62.3 Å². The van der Waals surface area contributed by atoms with Gasteiger partial charge in [0.25, 0.3) is 0 Å². The number of nitrogens with one attached hydrogen (secondary N) is 1. The molecule has 4 rings (SSSR count). The third kappa shape index (κ3) is 3.68. The molecule has 2 amide bonds. The molecule has 2 heterocycles. The molecule has 1 aromatic heterocycles. The van der Waals surface area contributed by atoms with Crippen LogP contribution in [0.1, 0.15) is 24.9 Å². The highest BCUT2D eigenvalue weighted by Crippen LogP contribution is 2.31. The maximum atomic E-state index is 12.7. The van der Waals surface area contributed by atoms with E-state index in [2.05, 4.69) is 10.3 Å². The van der Waals surface area contributed by atoms with Crippen molar-refractivity contribution in [2.45, 2.75) is 19.4 Å². The lowest BCUT2D eigenvalue weighted by molar-refractivity contribution is -0.129. The van der Waals surface area contributed by atoms with Gasteiger partial charge in [0.15, 0.2) is 5.13 Å². The van der Waals surface area contributed by atoms with E-state index >= 15 is 0 Å². The van der Waals surface area contributed by atoms with Crippen molar-refractivity contribution in [1.29, 1.82) is 0 Å². The minimum atomic E-state index is -0.376. The largest absolute Gasteiger partial charge is 0.335 e. The second kappa shape index (κ2) is 7.29. The number of carbonyl (C=O) groups excluding carboxylic acids is 2. The number of hydrogen-bond acceptors (Lipinski definition) is 4. The summed E-state index contributed by atoms with van der Waals surface area (Å²) in [5.41, 5.74) is 1.86. The molecule has 1 aliphatic heterocycles. The highest BCUT2D eigenvalue weighted by molar-refractivity contribution is 7.22. The number of likely N-dealkylation sites (tertiary alicyclic amines) is 1. The Morgan fingerprint density at radius 1 is 1.30 bits per heavy atom. The summed E-state index contributed by atoms with van der Waals surface area (Å²) in [6.07, 6.45) is 0.222. The number of carbonyl (C=O) groups is 2. The third-order valence-electron chi connectivity index (χ3n) is 4.86. The smallest absolute Gasteiger partial charge is 0.231 e. The second-order valence-electron chi connectivity index (χ2n) is 6.65. The van der Waals surface area contributed by atoms with Gasteiger partial charge >= 0.3 is 0 Å². The van der Waals surface area contributed by atoms with Gasteiger partial charge in [-0.05, 0) is 30.7 Å². The number of amides is 2. The van der Waals surface area contributed by atoms with Crippen LogP contribution in [-0.2, 0) is 9.59 Å². The van der Waals surface area contributed by atoms with Crippen LogP contribution < -0.4 is 5.32 Å². The maximum Gasteiger partial charge on any atom is 0.231 e. The Balaban J connectivity index is 1.45. The van der Waals surface area contributed by atoms with E-state index in [9.17, 15) is 9.59 Å². The van der Waals surface area contributed by atoms with Crippen LogP contribution in [0.4, 0.5) is 5.13 Å². The fourth-order valence-electron chi connectivity index (χ4n) is 3.35. The van der Waals surface area contributed by atoms with Crippen molar-refractivity contribution in [2.75, 3.05) is 11.9 Å². The van der Waals surface area contributed by atoms with Gasteiger partial charge in [-0.3, -0.25) is 9.59 Å². The predicted octanol–water partition coefficient (Wildman–Crippen LogP) is 4.50. The van der Waals surface area contributed by atoms with E-state index in [1.165, 1.54) is 11.3 Å². The van der Waals surface area contributed by atoms with Crippen LogP contribution in [0, 0.1) is 5.92 Å². The van der Waals surface area contributed by atoms with Crippen LogP contribution in [0.15, 0.2) is 48.5 Å². The maximum absolute atomic E-state index is 12.7. The summed E-state index contributed by atoms with van der Waals surface area (Å²) < 4.78 is 0.916. The molecule has 2 atom stereocenters. The van der Waals surface area contributed by atoms with Crippen molar-refractivity contribution in [2.24, 2.45) is 5.92 Å². The van der Waals surface area contributed by atoms with E-state index in [0.29, 0.717) is 16.7 Å². The van der Waals surface area contributed by atoms with Gasteiger partial charge in [-0.15, -0.1) is 0 Å². The molecule has 27 heavy (non-hydrogen) atoms. The van der Waals surface area contributed by atoms with Gasteiger partial charge in [-0.1, -0.05) is 53.3 Å². The van der Waals surface area contributed by atoms with E-state index in [4.69, 9.17) is 11.6 Å². The monoisotopic (exact) mass is 399 g/mol. The van der Waals surface area contributed by atoms with Crippen LogP contribution in [0.2, 0.25) is 5.02 Å². The number of nitrogens with zero attached hydrogens (tertiary/aromatic N) is 2. The van der Waals surface area contributed by atoms with Gasteiger partial charge in [0.2, 0.25) is 11.8 Å². The molecule has 5 nitrogen and oxygen atoms in total. The van der Waals surface area contributed by atoms with Crippen LogP contribution in [-0.4, -0.2) is 28.2 Å². The molecule has 2 aromatic carbocycles. The first kappa shape index (κ1) is 17.9. The molecule has 1 aliphatic rings. The first-order valence-electron chi connectivity index (χ1n) is 8.72. The summed E-state index contributed by atoms with van der Waals surface area (Å²) in [7, 11) is 0. The van der Waals surface area contributed by atoms with E-state index in [1.54, 1.807) is 11.0 Å². The molecule has 0 radical (unpaired) electrons. The lowest BCUT2D eigenvalue weighted by Gasteiger charge is -2.25. The first-order valence-corrected chi connectivity index (χ1v) is 9.92. The molecule has 1 saturated heterocycles. The lowest BCUT2D eigenvalue weighted by atomic mass is 10.1. The summed E-state index contributed by atoms with van der Waals surface area (Å²) in [6, 6.07) is 15.2. The number of anilines is 1. The van der Waals surface area contributed by atoms with Crippen molar-refractivity contribution in [3.8, 4) is 0 Å². The summed E-state index contributed by atoms with van der Waals surface area (Å²) >= 11 is 7.38. The Kier molecular flexibility index (Phi) is 4.85. The van der Waals surface area contributed by atoms with Gasteiger partial charge in [0.1, 0.15) is 0 Å². The zero-order chi connectivity index (χ0) is 19.0. The first-order chi connectivity index (χ1) is 13.0. The quantitative estimate of drug-likeness (QED) is 0.702. The van der Waals surface area contributed by atoms with Crippen molar-refractivity contribution in [3.63, 3.8) is 0 Å². The fraction of sp³-hybridized carbons (Fsp3) is 0.250. The molecule has 0 unspecified atom stereocenters. The number of thiazole rings is 1. The van der Waals surface area contributed by atoms with E-state index in [-0.39, 0.29) is 30.2 Å². The van der Waals surface area contributed by atoms with E-state index < -0.39 is 0 Å². The lowest BCUT2D eigenvalue weighted by Crippen LogP contribution is -2.30.